The van der Waals surface area contributed by atoms with Crippen molar-refractivity contribution in [3.05, 3.63) is 0 Å². The van der Waals surface area contributed by atoms with Crippen LogP contribution in [0.5, 0.6) is 0 Å². The number of thioether (sulfide) groups is 1. The first-order chi connectivity index (χ1) is 15.0. The first kappa shape index (κ1) is 26.1. The van der Waals surface area contributed by atoms with Crippen LogP contribution in [0.25, 0.3) is 0 Å². The molecule has 0 aromatic heterocycles. The molecule has 0 aliphatic carbocycles. The molecule has 178 valence electrons. The molecule has 3 amide bonds. The van der Waals surface area contributed by atoms with Gasteiger partial charge in [0.25, 0.3) is 0 Å². The van der Waals surface area contributed by atoms with Crippen molar-refractivity contribution >= 4 is 29.5 Å². The second-order valence-corrected chi connectivity index (χ2v) is 8.79. The molecule has 31 heavy (non-hydrogen) atoms. The van der Waals surface area contributed by atoms with Crippen LogP contribution in [0.2, 0.25) is 0 Å². The van der Waals surface area contributed by atoms with Crippen LogP contribution < -0.4 is 0 Å². The molecule has 2 aliphatic heterocycles. The van der Waals surface area contributed by atoms with Gasteiger partial charge >= 0.3 is 0 Å². The third kappa shape index (κ3) is 9.44. The van der Waals surface area contributed by atoms with Crippen molar-refractivity contribution in [3.8, 4) is 0 Å². The zero-order valence-electron chi connectivity index (χ0n) is 18.7. The first-order valence-corrected chi connectivity index (χ1v) is 12.3. The van der Waals surface area contributed by atoms with Gasteiger partial charge in [0.2, 0.25) is 17.7 Å². The van der Waals surface area contributed by atoms with Crippen LogP contribution in [0.3, 0.4) is 0 Å². The van der Waals surface area contributed by atoms with E-state index in [0.29, 0.717) is 71.7 Å². The van der Waals surface area contributed by atoms with Crippen molar-refractivity contribution in [2.45, 2.75) is 31.4 Å². The van der Waals surface area contributed by atoms with E-state index >= 15 is 0 Å². The third-order valence-electron chi connectivity index (χ3n) is 5.30. The SMILES string of the molecule is CSC1CC(=O)N(CCOCCOCCOCCOCCC(=O)N2CC[C@@H](C)C2)C1=O. The van der Waals surface area contributed by atoms with Gasteiger partial charge in [-0.3, -0.25) is 19.3 Å². The Kier molecular flexibility index (Phi) is 12.4. The van der Waals surface area contributed by atoms with Crippen molar-refractivity contribution in [3.63, 3.8) is 0 Å². The lowest BCUT2D eigenvalue weighted by atomic mass is 10.2. The predicted octanol–water partition coefficient (Wildman–Crippen LogP) is 0.802. The maximum atomic E-state index is 12.0. The van der Waals surface area contributed by atoms with E-state index < -0.39 is 0 Å². The molecule has 2 heterocycles. The number of hydrogen-bond acceptors (Lipinski definition) is 8. The highest BCUT2D eigenvalue weighted by molar-refractivity contribution is 8.00. The number of hydrogen-bond donors (Lipinski definition) is 0. The normalized spacial score (nSPS) is 21.5. The second kappa shape index (κ2) is 14.8. The Morgan fingerprint density at radius 2 is 1.55 bits per heavy atom. The number of amides is 3. The number of imide groups is 1. The summed E-state index contributed by atoms with van der Waals surface area (Å²) in [7, 11) is 0. The van der Waals surface area contributed by atoms with Crippen molar-refractivity contribution in [2.24, 2.45) is 5.92 Å². The van der Waals surface area contributed by atoms with Crippen LogP contribution in [-0.4, -0.2) is 112 Å². The molecule has 0 saturated carbocycles. The van der Waals surface area contributed by atoms with E-state index in [2.05, 4.69) is 6.92 Å². The fourth-order valence-electron chi connectivity index (χ4n) is 3.47. The van der Waals surface area contributed by atoms with Crippen LogP contribution in [0.4, 0.5) is 0 Å². The highest BCUT2D eigenvalue weighted by Crippen LogP contribution is 2.22. The van der Waals surface area contributed by atoms with Crippen LogP contribution in [0.15, 0.2) is 0 Å². The Balaban J connectivity index is 1.31. The van der Waals surface area contributed by atoms with Gasteiger partial charge in [0, 0.05) is 19.5 Å². The smallest absolute Gasteiger partial charge is 0.242 e. The maximum Gasteiger partial charge on any atom is 0.242 e. The average Bonchev–Trinajstić information content (AvgIpc) is 3.31. The number of carbonyl (C=O) groups excluding carboxylic acids is 3. The van der Waals surface area contributed by atoms with E-state index in [1.54, 1.807) is 0 Å². The fraction of sp³-hybridized carbons (Fsp3) is 0.857. The molecule has 2 fully saturated rings. The minimum absolute atomic E-state index is 0.119. The molecule has 2 saturated heterocycles. The van der Waals surface area contributed by atoms with Crippen LogP contribution in [0, 0.1) is 5.92 Å². The van der Waals surface area contributed by atoms with E-state index in [1.165, 1.54) is 16.7 Å². The molecule has 0 spiro atoms. The minimum Gasteiger partial charge on any atom is -0.379 e. The van der Waals surface area contributed by atoms with Gasteiger partial charge in [-0.05, 0) is 18.6 Å². The maximum absolute atomic E-state index is 12.0. The third-order valence-corrected chi connectivity index (χ3v) is 6.24. The molecule has 0 aromatic rings. The summed E-state index contributed by atoms with van der Waals surface area (Å²) in [5, 5.41) is -0.248. The van der Waals surface area contributed by atoms with Crippen LogP contribution >= 0.6 is 11.8 Å². The number of rotatable bonds is 16. The summed E-state index contributed by atoms with van der Waals surface area (Å²) in [6, 6.07) is 0. The van der Waals surface area contributed by atoms with E-state index in [-0.39, 0.29) is 29.4 Å². The molecule has 2 atom stereocenters. The van der Waals surface area contributed by atoms with Gasteiger partial charge < -0.3 is 23.8 Å². The average molecular weight is 461 g/mol. The summed E-state index contributed by atoms with van der Waals surface area (Å²) < 4.78 is 21.7. The Hall–Kier alpha value is -1.20. The van der Waals surface area contributed by atoms with Gasteiger partial charge in [-0.25, -0.2) is 0 Å². The molecule has 1 unspecified atom stereocenters. The molecule has 2 rings (SSSR count). The topological polar surface area (TPSA) is 94.6 Å². The zero-order valence-corrected chi connectivity index (χ0v) is 19.5. The van der Waals surface area contributed by atoms with Crippen molar-refractivity contribution in [2.75, 3.05) is 78.7 Å². The highest BCUT2D eigenvalue weighted by atomic mass is 32.2. The quantitative estimate of drug-likeness (QED) is 0.247. The van der Waals surface area contributed by atoms with E-state index in [0.717, 1.165) is 19.5 Å². The molecule has 10 heteroatoms. The Bertz CT molecular complexity index is 578. The zero-order chi connectivity index (χ0) is 22.5. The number of nitrogens with zero attached hydrogens (tertiary/aromatic N) is 2. The highest BCUT2D eigenvalue weighted by Gasteiger charge is 2.37. The monoisotopic (exact) mass is 460 g/mol. The fourth-order valence-corrected chi connectivity index (χ4v) is 4.11. The predicted molar refractivity (Wildman–Crippen MR) is 117 cm³/mol. The summed E-state index contributed by atoms with van der Waals surface area (Å²) in [6.07, 6.45) is 3.63. The van der Waals surface area contributed by atoms with Crippen LogP contribution in [-0.2, 0) is 33.3 Å². The van der Waals surface area contributed by atoms with Crippen LogP contribution in [0.1, 0.15) is 26.2 Å². The number of likely N-dealkylation sites (tertiary alicyclic amines) is 2. The van der Waals surface area contributed by atoms with E-state index in [4.69, 9.17) is 18.9 Å². The minimum atomic E-state index is -0.248. The Morgan fingerprint density at radius 1 is 0.968 bits per heavy atom. The standard InChI is InChI=1S/C21H36N2O7S/c1-17-3-5-22(16-17)19(24)4-7-27-9-11-29-13-14-30-12-10-28-8-6-23-20(25)15-18(31-2)21(23)26/h17-18H,3-16H2,1-2H3/t17-,18?/m1/s1. The molecule has 0 radical (unpaired) electrons. The number of carbonyl (C=O) groups is 3. The molecule has 0 bridgehead atoms. The first-order valence-electron chi connectivity index (χ1n) is 11.0. The molecule has 0 N–H and O–H groups in total. The van der Waals surface area contributed by atoms with Crippen molar-refractivity contribution in [1.82, 2.24) is 9.80 Å². The summed E-state index contributed by atoms with van der Waals surface area (Å²) in [5.74, 6) is 0.527. The molecule has 9 nitrogen and oxygen atoms in total. The molecule has 2 aliphatic rings. The van der Waals surface area contributed by atoms with Crippen molar-refractivity contribution < 1.29 is 33.3 Å². The summed E-state index contributed by atoms with van der Waals surface area (Å²) >= 11 is 1.41. The lowest BCUT2D eigenvalue weighted by Gasteiger charge is -2.15. The molecular formula is C21H36N2O7S. The van der Waals surface area contributed by atoms with Gasteiger partial charge in [-0.15, -0.1) is 0 Å². The van der Waals surface area contributed by atoms with Gasteiger partial charge in [0.1, 0.15) is 0 Å². The summed E-state index contributed by atoms with van der Waals surface area (Å²) in [5.41, 5.74) is 0. The van der Waals surface area contributed by atoms with Gasteiger partial charge in [0.15, 0.2) is 0 Å². The Labute approximate surface area is 189 Å². The van der Waals surface area contributed by atoms with E-state index in [1.807, 2.05) is 11.2 Å². The number of ether oxygens (including phenoxy) is 4. The lowest BCUT2D eigenvalue weighted by molar-refractivity contribution is -0.139. The second-order valence-electron chi connectivity index (χ2n) is 7.75. The Morgan fingerprint density at radius 3 is 2.06 bits per heavy atom. The largest absolute Gasteiger partial charge is 0.379 e. The van der Waals surface area contributed by atoms with E-state index in [9.17, 15) is 14.4 Å². The van der Waals surface area contributed by atoms with Gasteiger partial charge in [0.05, 0.1) is 71.1 Å². The molecule has 0 aromatic carbocycles. The van der Waals surface area contributed by atoms with Crippen molar-refractivity contribution in [1.29, 1.82) is 0 Å². The summed E-state index contributed by atoms with van der Waals surface area (Å²) in [4.78, 5) is 38.9. The van der Waals surface area contributed by atoms with Gasteiger partial charge in [-0.2, -0.15) is 11.8 Å². The summed E-state index contributed by atoms with van der Waals surface area (Å²) in [6.45, 7) is 7.58. The molecular weight excluding hydrogens is 424 g/mol. The lowest BCUT2D eigenvalue weighted by Crippen LogP contribution is -2.34. The van der Waals surface area contributed by atoms with Gasteiger partial charge in [-0.1, -0.05) is 6.92 Å².